The van der Waals surface area contributed by atoms with Crippen LogP contribution in [-0.2, 0) is 4.79 Å². The van der Waals surface area contributed by atoms with Crippen LogP contribution >= 0.6 is 11.8 Å². The summed E-state index contributed by atoms with van der Waals surface area (Å²) in [6, 6.07) is 35.6. The average molecular weight is 569 g/mol. The summed E-state index contributed by atoms with van der Waals surface area (Å²) in [7, 11) is 0. The first-order chi connectivity index (χ1) is 20.7. The van der Waals surface area contributed by atoms with Crippen LogP contribution in [-0.4, -0.2) is 36.2 Å². The van der Waals surface area contributed by atoms with Crippen LogP contribution < -0.4 is 5.32 Å². The lowest BCUT2D eigenvalue weighted by Gasteiger charge is -2.30. The third kappa shape index (κ3) is 6.84. The molecule has 2 aliphatic rings. The number of nitrogens with zero attached hydrogens (tertiary/aromatic N) is 1. The van der Waals surface area contributed by atoms with Gasteiger partial charge in [0.1, 0.15) is 0 Å². The highest BCUT2D eigenvalue weighted by Crippen LogP contribution is 2.38. The standard InChI is InChI=1S/C38H36N2OS/c41-37(22-19-29-11-2-1-3-12-29)39-35-17-8-9-18-36(35)42-28-10-25-40-26-23-32(24-27-40)38-33-15-6-4-13-30(33)20-21-31-14-5-7-16-34(31)38/h1-9,11-22H,10,23-28H2,(H,39,41). The number of para-hydroxylation sites is 1. The normalized spacial score (nSPS) is 14.9. The highest BCUT2D eigenvalue weighted by atomic mass is 32.2. The van der Waals surface area contributed by atoms with Gasteiger partial charge in [-0.15, -0.1) is 11.8 Å². The third-order valence-electron chi connectivity index (χ3n) is 7.96. The van der Waals surface area contributed by atoms with Crippen molar-refractivity contribution in [1.82, 2.24) is 4.90 Å². The molecule has 42 heavy (non-hydrogen) atoms. The minimum atomic E-state index is -0.111. The molecule has 4 aromatic rings. The average Bonchev–Trinajstić information content (AvgIpc) is 3.21. The molecule has 4 heteroatoms. The summed E-state index contributed by atoms with van der Waals surface area (Å²) in [4.78, 5) is 16.3. The summed E-state index contributed by atoms with van der Waals surface area (Å²) >= 11 is 1.82. The molecular formula is C38H36N2OS. The Bertz CT molecular complexity index is 1570. The zero-order chi connectivity index (χ0) is 28.6. The van der Waals surface area contributed by atoms with E-state index in [1.54, 1.807) is 11.6 Å². The summed E-state index contributed by atoms with van der Waals surface area (Å²) in [6.07, 6.45) is 11.3. The van der Waals surface area contributed by atoms with E-state index >= 15 is 0 Å². The lowest BCUT2D eigenvalue weighted by molar-refractivity contribution is -0.111. The SMILES string of the molecule is O=C(C=Cc1ccccc1)Nc1ccccc1SCCCN1CCC(=C2c3ccccc3C=Cc3ccccc32)CC1. The van der Waals surface area contributed by atoms with Crippen LogP contribution in [0.3, 0.4) is 0 Å². The first-order valence-corrected chi connectivity index (χ1v) is 15.8. The van der Waals surface area contributed by atoms with Crippen LogP contribution in [0.2, 0.25) is 0 Å². The van der Waals surface area contributed by atoms with E-state index in [1.807, 2.05) is 66.4 Å². The maximum Gasteiger partial charge on any atom is 0.248 e. The van der Waals surface area contributed by atoms with Crippen molar-refractivity contribution in [2.45, 2.75) is 24.2 Å². The minimum absolute atomic E-state index is 0.111. The van der Waals surface area contributed by atoms with Gasteiger partial charge >= 0.3 is 0 Å². The molecular weight excluding hydrogens is 532 g/mol. The van der Waals surface area contributed by atoms with E-state index in [9.17, 15) is 4.79 Å². The molecule has 0 atom stereocenters. The predicted molar refractivity (Wildman–Crippen MR) is 179 cm³/mol. The summed E-state index contributed by atoms with van der Waals surface area (Å²) in [5.41, 5.74) is 10.2. The largest absolute Gasteiger partial charge is 0.321 e. The first-order valence-electron chi connectivity index (χ1n) is 14.8. The number of hydrogen-bond acceptors (Lipinski definition) is 3. The lowest BCUT2D eigenvalue weighted by atomic mass is 9.86. The van der Waals surface area contributed by atoms with E-state index in [2.05, 4.69) is 77.0 Å². The third-order valence-corrected chi connectivity index (χ3v) is 9.12. The second-order valence-electron chi connectivity index (χ2n) is 10.8. The van der Waals surface area contributed by atoms with E-state index in [4.69, 9.17) is 0 Å². The van der Waals surface area contributed by atoms with Crippen LogP contribution in [0.1, 0.15) is 47.1 Å². The molecule has 1 heterocycles. The number of rotatable bonds is 8. The Morgan fingerprint density at radius 3 is 2.10 bits per heavy atom. The van der Waals surface area contributed by atoms with Crippen molar-refractivity contribution < 1.29 is 4.79 Å². The van der Waals surface area contributed by atoms with E-state index < -0.39 is 0 Å². The molecule has 0 spiro atoms. The molecule has 210 valence electrons. The molecule has 1 aliphatic carbocycles. The molecule has 0 bridgehead atoms. The number of amides is 1. The van der Waals surface area contributed by atoms with Gasteiger partial charge in [0.15, 0.2) is 0 Å². The number of anilines is 1. The Morgan fingerprint density at radius 2 is 1.38 bits per heavy atom. The van der Waals surface area contributed by atoms with E-state index in [-0.39, 0.29) is 5.91 Å². The number of carbonyl (C=O) groups is 1. The van der Waals surface area contributed by atoms with Crippen LogP contribution in [0.4, 0.5) is 5.69 Å². The van der Waals surface area contributed by atoms with Crippen molar-refractivity contribution in [1.29, 1.82) is 0 Å². The predicted octanol–water partition coefficient (Wildman–Crippen LogP) is 8.90. The fraction of sp³-hybridized carbons (Fsp3) is 0.184. The Hall–Kier alpha value is -4.12. The summed E-state index contributed by atoms with van der Waals surface area (Å²) in [5.74, 6) is 0.906. The second-order valence-corrected chi connectivity index (χ2v) is 11.9. The van der Waals surface area contributed by atoms with Gasteiger partial charge in [0, 0.05) is 24.1 Å². The number of piperidine rings is 1. The van der Waals surface area contributed by atoms with Gasteiger partial charge in [-0.05, 0) is 83.2 Å². The van der Waals surface area contributed by atoms with Crippen molar-refractivity contribution in [3.05, 3.63) is 143 Å². The molecule has 0 radical (unpaired) electrons. The minimum Gasteiger partial charge on any atom is -0.321 e. The Balaban J connectivity index is 1.03. The Kier molecular flexibility index (Phi) is 9.14. The van der Waals surface area contributed by atoms with Crippen LogP contribution in [0.25, 0.3) is 23.8 Å². The molecule has 0 unspecified atom stereocenters. The second kappa shape index (κ2) is 13.7. The molecule has 1 aliphatic heterocycles. The Morgan fingerprint density at radius 1 is 0.762 bits per heavy atom. The molecule has 3 nitrogen and oxygen atoms in total. The van der Waals surface area contributed by atoms with Gasteiger partial charge < -0.3 is 10.2 Å². The zero-order valence-corrected chi connectivity index (χ0v) is 24.7. The number of thioether (sulfide) groups is 1. The molecule has 1 fully saturated rings. The first kappa shape index (κ1) is 28.0. The van der Waals surface area contributed by atoms with Gasteiger partial charge in [0.25, 0.3) is 0 Å². The zero-order valence-electron chi connectivity index (χ0n) is 23.8. The summed E-state index contributed by atoms with van der Waals surface area (Å²) in [5, 5.41) is 3.06. The number of fused-ring (bicyclic) bond motifs is 2. The monoisotopic (exact) mass is 568 g/mol. The highest BCUT2D eigenvalue weighted by molar-refractivity contribution is 7.99. The molecule has 1 saturated heterocycles. The van der Waals surface area contributed by atoms with Crippen molar-refractivity contribution in [3.63, 3.8) is 0 Å². The molecule has 4 aromatic carbocycles. The number of hydrogen-bond donors (Lipinski definition) is 1. The van der Waals surface area contributed by atoms with Gasteiger partial charge in [-0.2, -0.15) is 0 Å². The van der Waals surface area contributed by atoms with Crippen molar-refractivity contribution >= 4 is 47.2 Å². The number of likely N-dealkylation sites (tertiary alicyclic amines) is 1. The van der Waals surface area contributed by atoms with Crippen LogP contribution in [0, 0.1) is 0 Å². The number of benzene rings is 4. The number of carbonyl (C=O) groups excluding carboxylic acids is 1. The van der Waals surface area contributed by atoms with E-state index in [0.29, 0.717) is 0 Å². The van der Waals surface area contributed by atoms with Crippen molar-refractivity contribution in [2.75, 3.05) is 30.7 Å². The van der Waals surface area contributed by atoms with Gasteiger partial charge in [0.2, 0.25) is 5.91 Å². The van der Waals surface area contributed by atoms with E-state index in [1.165, 1.54) is 27.8 Å². The van der Waals surface area contributed by atoms with Gasteiger partial charge in [0.05, 0.1) is 5.69 Å². The molecule has 1 amide bonds. The molecule has 6 rings (SSSR count). The van der Waals surface area contributed by atoms with Crippen molar-refractivity contribution in [2.24, 2.45) is 0 Å². The number of nitrogens with one attached hydrogen (secondary N) is 1. The maximum absolute atomic E-state index is 12.5. The van der Waals surface area contributed by atoms with Gasteiger partial charge in [-0.25, -0.2) is 0 Å². The van der Waals surface area contributed by atoms with Gasteiger partial charge in [-0.1, -0.05) is 109 Å². The smallest absolute Gasteiger partial charge is 0.248 e. The highest BCUT2D eigenvalue weighted by Gasteiger charge is 2.22. The summed E-state index contributed by atoms with van der Waals surface area (Å²) in [6.45, 7) is 3.29. The quantitative estimate of drug-likeness (QED) is 0.115. The fourth-order valence-corrected chi connectivity index (χ4v) is 6.76. The fourth-order valence-electron chi connectivity index (χ4n) is 5.82. The van der Waals surface area contributed by atoms with Crippen LogP contribution in [0.5, 0.6) is 0 Å². The molecule has 0 saturated carbocycles. The van der Waals surface area contributed by atoms with E-state index in [0.717, 1.165) is 60.8 Å². The van der Waals surface area contributed by atoms with Crippen molar-refractivity contribution in [3.8, 4) is 0 Å². The van der Waals surface area contributed by atoms with Crippen LogP contribution in [0.15, 0.2) is 120 Å². The Labute approximate surface area is 253 Å². The summed E-state index contributed by atoms with van der Waals surface area (Å²) < 4.78 is 0. The molecule has 1 N–H and O–H groups in total. The molecule has 0 aromatic heterocycles. The van der Waals surface area contributed by atoms with Gasteiger partial charge in [-0.3, -0.25) is 4.79 Å². The lowest BCUT2D eigenvalue weighted by Crippen LogP contribution is -2.32. The topological polar surface area (TPSA) is 32.3 Å². The maximum atomic E-state index is 12.5.